The van der Waals surface area contributed by atoms with Gasteiger partial charge in [-0.25, -0.2) is 0 Å². The average Bonchev–Trinajstić information content (AvgIpc) is 3.12. The van der Waals surface area contributed by atoms with Crippen LogP contribution in [0.4, 0.5) is 0 Å². The molecule has 3 aromatic rings. The molecule has 128 valence electrons. The van der Waals surface area contributed by atoms with Crippen molar-refractivity contribution in [2.75, 3.05) is 0 Å². The summed E-state index contributed by atoms with van der Waals surface area (Å²) in [6, 6.07) is 15.2. The first kappa shape index (κ1) is 15.9. The minimum Gasteiger partial charge on any atom is -0.358 e. The minimum atomic E-state index is 0.149. The number of carbonyl (C=O) groups excluding carboxylic acids is 1. The van der Waals surface area contributed by atoms with Crippen molar-refractivity contribution in [1.29, 1.82) is 0 Å². The monoisotopic (exact) mass is 332 g/mol. The van der Waals surface area contributed by atoms with Crippen LogP contribution < -0.4 is 5.32 Å². The molecule has 0 bridgehead atoms. The van der Waals surface area contributed by atoms with E-state index in [1.54, 1.807) is 0 Å². The highest BCUT2D eigenvalue weighted by atomic mass is 16.1. The van der Waals surface area contributed by atoms with Gasteiger partial charge in [0.15, 0.2) is 0 Å². The fraction of sp³-hybridized carbons (Fsp3) is 0.318. The van der Waals surface area contributed by atoms with Gasteiger partial charge in [-0.15, -0.1) is 0 Å². The van der Waals surface area contributed by atoms with E-state index in [2.05, 4.69) is 66.6 Å². The average molecular weight is 332 g/mol. The molecule has 0 spiro atoms. The second-order valence-electron chi connectivity index (χ2n) is 7.29. The summed E-state index contributed by atoms with van der Waals surface area (Å²) in [5.74, 6) is 0.149. The zero-order valence-corrected chi connectivity index (χ0v) is 14.9. The van der Waals surface area contributed by atoms with Gasteiger partial charge in [0.05, 0.1) is 0 Å². The van der Waals surface area contributed by atoms with Gasteiger partial charge in [0.2, 0.25) is 5.91 Å². The van der Waals surface area contributed by atoms with Crippen molar-refractivity contribution in [1.82, 2.24) is 10.3 Å². The van der Waals surface area contributed by atoms with Crippen LogP contribution >= 0.6 is 0 Å². The maximum atomic E-state index is 12.3. The Kier molecular flexibility index (Phi) is 4.08. The van der Waals surface area contributed by atoms with E-state index in [1.165, 1.54) is 38.9 Å². The molecule has 1 heterocycles. The van der Waals surface area contributed by atoms with E-state index < -0.39 is 0 Å². The lowest BCUT2D eigenvalue weighted by molar-refractivity contribution is -0.121. The maximum absolute atomic E-state index is 12.3. The zero-order chi connectivity index (χ0) is 17.4. The predicted octanol–water partition coefficient (Wildman–Crippen LogP) is 4.00. The summed E-state index contributed by atoms with van der Waals surface area (Å²) in [6.45, 7) is 4.20. The number of rotatable bonds is 4. The van der Waals surface area contributed by atoms with Gasteiger partial charge < -0.3 is 10.3 Å². The van der Waals surface area contributed by atoms with E-state index in [4.69, 9.17) is 0 Å². The fourth-order valence-corrected chi connectivity index (χ4v) is 3.80. The van der Waals surface area contributed by atoms with Crippen LogP contribution in [0.3, 0.4) is 0 Å². The Hall–Kier alpha value is -2.55. The molecule has 2 aromatic carbocycles. The van der Waals surface area contributed by atoms with Crippen LogP contribution in [0.5, 0.6) is 0 Å². The molecule has 1 unspecified atom stereocenters. The number of aromatic nitrogens is 1. The quantitative estimate of drug-likeness (QED) is 0.745. The summed E-state index contributed by atoms with van der Waals surface area (Å²) >= 11 is 0. The lowest BCUT2D eigenvalue weighted by Gasteiger charge is -2.12. The molecule has 1 aliphatic carbocycles. The highest BCUT2D eigenvalue weighted by Gasteiger charge is 2.26. The molecule has 1 atom stereocenters. The smallest absolute Gasteiger partial charge is 0.220 e. The Morgan fingerprint density at radius 1 is 1.08 bits per heavy atom. The van der Waals surface area contributed by atoms with E-state index in [0.29, 0.717) is 6.42 Å². The molecule has 1 aromatic heterocycles. The van der Waals surface area contributed by atoms with Gasteiger partial charge in [0.25, 0.3) is 0 Å². The molecule has 0 saturated carbocycles. The zero-order valence-electron chi connectivity index (χ0n) is 14.9. The van der Waals surface area contributed by atoms with Crippen molar-refractivity contribution in [3.8, 4) is 0 Å². The fourth-order valence-electron chi connectivity index (χ4n) is 3.80. The summed E-state index contributed by atoms with van der Waals surface area (Å²) in [7, 11) is 0. The normalized spacial score (nSPS) is 16.2. The lowest BCUT2D eigenvalue weighted by Crippen LogP contribution is -2.35. The summed E-state index contributed by atoms with van der Waals surface area (Å²) in [5, 5.41) is 4.53. The predicted molar refractivity (Wildman–Crippen MR) is 102 cm³/mol. The highest BCUT2D eigenvalue weighted by molar-refractivity contribution is 5.86. The molecule has 0 fully saturated rings. The minimum absolute atomic E-state index is 0.149. The molecule has 0 saturated heterocycles. The summed E-state index contributed by atoms with van der Waals surface area (Å²) in [6.07, 6.45) is 3.17. The van der Waals surface area contributed by atoms with Crippen molar-refractivity contribution >= 4 is 16.8 Å². The lowest BCUT2D eigenvalue weighted by atomic mass is 10.1. The number of fused-ring (bicyclic) bond motifs is 3. The third kappa shape index (κ3) is 3.32. The van der Waals surface area contributed by atoms with Crippen LogP contribution in [0, 0.1) is 13.8 Å². The topological polar surface area (TPSA) is 44.9 Å². The van der Waals surface area contributed by atoms with Gasteiger partial charge >= 0.3 is 0 Å². The standard InChI is InChI=1S/C22H24N2O/c1-14-3-6-16(7-4-14)8-10-22(25)23-17-12-19-18-11-15(2)5-9-20(18)24-21(19)13-17/h3-7,9,11,17,24H,8,10,12-13H2,1-2H3,(H,23,25). The summed E-state index contributed by atoms with van der Waals surface area (Å²) in [5.41, 5.74) is 7.62. The third-order valence-corrected chi connectivity index (χ3v) is 5.18. The maximum Gasteiger partial charge on any atom is 0.220 e. The van der Waals surface area contributed by atoms with E-state index in [0.717, 1.165) is 19.3 Å². The largest absolute Gasteiger partial charge is 0.358 e. The van der Waals surface area contributed by atoms with Gasteiger partial charge in [-0.3, -0.25) is 4.79 Å². The number of hydrogen-bond acceptors (Lipinski definition) is 1. The number of H-pyrrole nitrogens is 1. The van der Waals surface area contributed by atoms with E-state index in [9.17, 15) is 4.79 Å². The van der Waals surface area contributed by atoms with E-state index in [-0.39, 0.29) is 11.9 Å². The first-order valence-corrected chi connectivity index (χ1v) is 9.03. The van der Waals surface area contributed by atoms with Crippen molar-refractivity contribution < 1.29 is 4.79 Å². The molecule has 3 nitrogen and oxygen atoms in total. The Morgan fingerprint density at radius 2 is 1.84 bits per heavy atom. The van der Waals surface area contributed by atoms with Crippen molar-refractivity contribution in [2.24, 2.45) is 0 Å². The van der Waals surface area contributed by atoms with Crippen LogP contribution in [0.25, 0.3) is 10.9 Å². The van der Waals surface area contributed by atoms with Crippen LogP contribution in [0.1, 0.15) is 34.4 Å². The molecule has 4 rings (SSSR count). The Balaban J connectivity index is 1.36. The highest BCUT2D eigenvalue weighted by Crippen LogP contribution is 2.30. The summed E-state index contributed by atoms with van der Waals surface area (Å²) < 4.78 is 0. The molecule has 2 N–H and O–H groups in total. The molecular weight excluding hydrogens is 308 g/mol. The first-order chi connectivity index (χ1) is 12.1. The number of carbonyl (C=O) groups is 1. The molecule has 0 radical (unpaired) electrons. The van der Waals surface area contributed by atoms with Crippen molar-refractivity contribution in [3.05, 3.63) is 70.4 Å². The number of nitrogens with one attached hydrogen (secondary N) is 2. The third-order valence-electron chi connectivity index (χ3n) is 5.18. The second kappa shape index (κ2) is 6.40. The van der Waals surface area contributed by atoms with Crippen molar-refractivity contribution in [2.45, 2.75) is 45.6 Å². The van der Waals surface area contributed by atoms with Crippen LogP contribution in [0.15, 0.2) is 42.5 Å². The van der Waals surface area contributed by atoms with Gasteiger partial charge in [-0.05, 0) is 49.9 Å². The van der Waals surface area contributed by atoms with E-state index >= 15 is 0 Å². The van der Waals surface area contributed by atoms with Gasteiger partial charge in [-0.1, -0.05) is 41.5 Å². The number of amides is 1. The Bertz CT molecular complexity index is 921. The Labute approximate surface area is 148 Å². The molecule has 0 aliphatic heterocycles. The van der Waals surface area contributed by atoms with Gasteiger partial charge in [-0.2, -0.15) is 0 Å². The molecular formula is C22H24N2O. The molecule has 1 aliphatic rings. The van der Waals surface area contributed by atoms with Gasteiger partial charge in [0, 0.05) is 35.5 Å². The number of hydrogen-bond donors (Lipinski definition) is 2. The SMILES string of the molecule is Cc1ccc(CCC(=O)NC2Cc3[nH]c4ccc(C)cc4c3C2)cc1. The number of aryl methyl sites for hydroxylation is 3. The summed E-state index contributed by atoms with van der Waals surface area (Å²) in [4.78, 5) is 15.8. The first-order valence-electron chi connectivity index (χ1n) is 9.03. The molecule has 1 amide bonds. The van der Waals surface area contributed by atoms with Crippen LogP contribution in [0.2, 0.25) is 0 Å². The van der Waals surface area contributed by atoms with Crippen molar-refractivity contribution in [3.63, 3.8) is 0 Å². The Morgan fingerprint density at radius 3 is 2.64 bits per heavy atom. The number of benzene rings is 2. The van der Waals surface area contributed by atoms with E-state index in [1.807, 2.05) is 0 Å². The van der Waals surface area contributed by atoms with Crippen LogP contribution in [-0.4, -0.2) is 16.9 Å². The van der Waals surface area contributed by atoms with Gasteiger partial charge in [0.1, 0.15) is 0 Å². The molecule has 25 heavy (non-hydrogen) atoms. The number of aromatic amines is 1. The molecule has 3 heteroatoms. The second-order valence-corrected chi connectivity index (χ2v) is 7.29. The van der Waals surface area contributed by atoms with Crippen LogP contribution in [-0.2, 0) is 24.1 Å².